The van der Waals surface area contributed by atoms with Crippen molar-refractivity contribution in [1.82, 2.24) is 0 Å². The lowest BCUT2D eigenvalue weighted by atomic mass is 9.99. The van der Waals surface area contributed by atoms with Crippen LogP contribution in [-0.2, 0) is 0 Å². The van der Waals surface area contributed by atoms with Gasteiger partial charge < -0.3 is 0 Å². The molecule has 2 aromatic rings. The summed E-state index contributed by atoms with van der Waals surface area (Å²) in [4.78, 5) is 11.2. The van der Waals surface area contributed by atoms with Crippen molar-refractivity contribution in [3.05, 3.63) is 47.5 Å². The van der Waals surface area contributed by atoms with Crippen molar-refractivity contribution >= 4 is 16.6 Å². The molecule has 2 rings (SSSR count). The van der Waals surface area contributed by atoms with Crippen LogP contribution in [0, 0.1) is 6.92 Å². The molecule has 0 aliphatic heterocycles. The average Bonchev–Trinajstić information content (AvgIpc) is 2.26. The van der Waals surface area contributed by atoms with E-state index in [-0.39, 0.29) is 5.56 Å². The first-order valence-electron chi connectivity index (χ1n) is 5.00. The molecule has 0 spiro atoms. The number of benzene rings is 2. The zero-order chi connectivity index (χ0) is 12.6. The summed E-state index contributed by atoms with van der Waals surface area (Å²) in [5.41, 5.74) is 0.0576. The van der Waals surface area contributed by atoms with E-state index < -0.39 is 12.0 Å². The lowest BCUT2D eigenvalue weighted by Crippen LogP contribution is -2.23. The third-order valence-corrected chi connectivity index (χ3v) is 2.59. The van der Waals surface area contributed by atoms with Crippen molar-refractivity contribution in [2.45, 2.75) is 13.1 Å². The number of alkyl halides is 3. The number of ketones is 1. The number of fused-ring (bicyclic) bond motifs is 1. The maximum atomic E-state index is 12.4. The monoisotopic (exact) mass is 238 g/mol. The third-order valence-electron chi connectivity index (χ3n) is 2.59. The molecule has 0 saturated heterocycles. The summed E-state index contributed by atoms with van der Waals surface area (Å²) in [7, 11) is 0. The summed E-state index contributed by atoms with van der Waals surface area (Å²) in [6.07, 6.45) is -4.83. The van der Waals surface area contributed by atoms with E-state index in [1.165, 1.54) is 13.0 Å². The van der Waals surface area contributed by atoms with Gasteiger partial charge in [-0.1, -0.05) is 30.3 Å². The van der Waals surface area contributed by atoms with Crippen LogP contribution in [0.25, 0.3) is 10.8 Å². The van der Waals surface area contributed by atoms with Crippen molar-refractivity contribution in [3.8, 4) is 0 Å². The molecule has 1 nitrogen and oxygen atoms in total. The van der Waals surface area contributed by atoms with Crippen LogP contribution in [0.2, 0.25) is 0 Å². The van der Waals surface area contributed by atoms with Gasteiger partial charge in [0.1, 0.15) is 0 Å². The van der Waals surface area contributed by atoms with Gasteiger partial charge in [-0.05, 0) is 29.3 Å². The first kappa shape index (κ1) is 11.6. The Balaban J connectivity index is 2.63. The zero-order valence-corrected chi connectivity index (χ0v) is 9.01. The van der Waals surface area contributed by atoms with Crippen LogP contribution in [0.4, 0.5) is 13.2 Å². The largest absolute Gasteiger partial charge is 0.454 e. The number of hydrogen-bond donors (Lipinski definition) is 0. The predicted octanol–water partition coefficient (Wildman–Crippen LogP) is 3.89. The highest BCUT2D eigenvalue weighted by Crippen LogP contribution is 2.26. The number of carbonyl (C=O) groups excluding carboxylic acids is 1. The third kappa shape index (κ3) is 2.16. The molecule has 0 atom stereocenters. The van der Waals surface area contributed by atoms with Crippen molar-refractivity contribution in [2.24, 2.45) is 0 Å². The second kappa shape index (κ2) is 3.87. The smallest absolute Gasteiger partial charge is 0.284 e. The number of hydrogen-bond acceptors (Lipinski definition) is 1. The molecule has 88 valence electrons. The van der Waals surface area contributed by atoms with Gasteiger partial charge in [-0.25, -0.2) is 0 Å². The van der Waals surface area contributed by atoms with E-state index in [0.717, 1.165) is 5.39 Å². The highest BCUT2D eigenvalue weighted by Gasteiger charge is 2.39. The molecule has 0 bridgehead atoms. The van der Waals surface area contributed by atoms with Crippen LogP contribution < -0.4 is 0 Å². The van der Waals surface area contributed by atoms with Crippen LogP contribution in [-0.4, -0.2) is 12.0 Å². The second-order valence-corrected chi connectivity index (χ2v) is 3.84. The van der Waals surface area contributed by atoms with E-state index in [9.17, 15) is 18.0 Å². The Bertz CT molecular complexity index is 585. The van der Waals surface area contributed by atoms with E-state index in [0.29, 0.717) is 10.9 Å². The van der Waals surface area contributed by atoms with Crippen molar-refractivity contribution in [3.63, 3.8) is 0 Å². The van der Waals surface area contributed by atoms with Gasteiger partial charge >= 0.3 is 6.18 Å². The number of Topliss-reactive ketones (excluding diaryl/α,β-unsaturated/α-hetero) is 1. The van der Waals surface area contributed by atoms with Gasteiger partial charge in [-0.3, -0.25) is 4.79 Å². The minimum absolute atomic E-state index is 0.281. The Morgan fingerprint density at radius 3 is 2.12 bits per heavy atom. The minimum Gasteiger partial charge on any atom is -0.284 e. The molecule has 0 unspecified atom stereocenters. The number of aryl methyl sites for hydroxylation is 1. The van der Waals surface area contributed by atoms with Crippen molar-refractivity contribution in [1.29, 1.82) is 0 Å². The molecule has 0 saturated carbocycles. The van der Waals surface area contributed by atoms with Crippen LogP contribution in [0.1, 0.15) is 15.9 Å². The van der Waals surface area contributed by atoms with E-state index in [1.54, 1.807) is 30.3 Å². The quantitative estimate of drug-likeness (QED) is 0.689. The van der Waals surface area contributed by atoms with Gasteiger partial charge in [0, 0.05) is 5.56 Å². The highest BCUT2D eigenvalue weighted by atomic mass is 19.4. The van der Waals surface area contributed by atoms with E-state index >= 15 is 0 Å². The van der Waals surface area contributed by atoms with Crippen molar-refractivity contribution in [2.75, 3.05) is 0 Å². The Kier molecular flexibility index (Phi) is 2.65. The summed E-state index contributed by atoms with van der Waals surface area (Å²) in [5.74, 6) is -1.79. The Morgan fingerprint density at radius 2 is 1.59 bits per heavy atom. The van der Waals surface area contributed by atoms with Gasteiger partial charge in [-0.15, -0.1) is 0 Å². The van der Waals surface area contributed by atoms with Gasteiger partial charge in [0.15, 0.2) is 0 Å². The molecule has 0 aromatic heterocycles. The molecule has 2 aromatic carbocycles. The lowest BCUT2D eigenvalue weighted by Gasteiger charge is -2.09. The summed E-state index contributed by atoms with van der Waals surface area (Å²) in [5, 5.41) is 1.45. The normalized spacial score (nSPS) is 11.8. The molecule has 17 heavy (non-hydrogen) atoms. The topological polar surface area (TPSA) is 17.1 Å². The fourth-order valence-corrected chi connectivity index (χ4v) is 1.75. The maximum absolute atomic E-state index is 12.4. The number of halogens is 3. The molecule has 0 fully saturated rings. The van der Waals surface area contributed by atoms with Crippen LogP contribution >= 0.6 is 0 Å². The zero-order valence-electron chi connectivity index (χ0n) is 9.01. The van der Waals surface area contributed by atoms with E-state index in [1.807, 2.05) is 0 Å². The molecule has 0 aliphatic carbocycles. The van der Waals surface area contributed by atoms with Crippen LogP contribution in [0.3, 0.4) is 0 Å². The highest BCUT2D eigenvalue weighted by molar-refractivity contribution is 6.04. The number of rotatable bonds is 1. The van der Waals surface area contributed by atoms with Crippen LogP contribution in [0.5, 0.6) is 0 Å². The lowest BCUT2D eigenvalue weighted by molar-refractivity contribution is -0.0885. The second-order valence-electron chi connectivity index (χ2n) is 3.84. The molecule has 0 heterocycles. The molecule has 4 heteroatoms. The minimum atomic E-state index is -4.83. The average molecular weight is 238 g/mol. The van der Waals surface area contributed by atoms with Crippen molar-refractivity contribution < 1.29 is 18.0 Å². The van der Waals surface area contributed by atoms with Gasteiger partial charge in [-0.2, -0.15) is 13.2 Å². The Morgan fingerprint density at radius 1 is 1.06 bits per heavy atom. The first-order valence-corrected chi connectivity index (χ1v) is 5.00. The molecule has 0 radical (unpaired) electrons. The summed E-state index contributed by atoms with van der Waals surface area (Å²) in [6, 6.07) is 9.88. The van der Waals surface area contributed by atoms with E-state index in [4.69, 9.17) is 0 Å². The van der Waals surface area contributed by atoms with Crippen LogP contribution in [0.15, 0.2) is 36.4 Å². The van der Waals surface area contributed by atoms with Gasteiger partial charge in [0.25, 0.3) is 5.78 Å². The number of carbonyl (C=O) groups is 1. The Labute approximate surface area is 95.9 Å². The summed E-state index contributed by atoms with van der Waals surface area (Å²) < 4.78 is 37.1. The fraction of sp³-hybridized carbons (Fsp3) is 0.154. The Hall–Kier alpha value is -1.84. The molecule has 0 amide bonds. The summed E-state index contributed by atoms with van der Waals surface area (Å²) in [6.45, 7) is 1.51. The fourth-order valence-electron chi connectivity index (χ4n) is 1.75. The molecular weight excluding hydrogens is 229 g/mol. The van der Waals surface area contributed by atoms with Gasteiger partial charge in [0.05, 0.1) is 0 Å². The maximum Gasteiger partial charge on any atom is 0.454 e. The first-order chi connectivity index (χ1) is 7.89. The van der Waals surface area contributed by atoms with Gasteiger partial charge in [0.2, 0.25) is 0 Å². The molecule has 0 aliphatic rings. The SMILES string of the molecule is Cc1cc2ccccc2cc1C(=O)C(F)(F)F. The standard InChI is InChI=1S/C13H9F3O/c1-8-6-9-4-2-3-5-10(9)7-11(8)12(17)13(14,15)16/h2-7H,1H3. The predicted molar refractivity (Wildman–Crippen MR) is 59.1 cm³/mol. The summed E-state index contributed by atoms with van der Waals surface area (Å²) >= 11 is 0. The van der Waals surface area contributed by atoms with E-state index in [2.05, 4.69) is 0 Å². The molecule has 0 N–H and O–H groups in total. The molecular formula is C13H9F3O.